The number of hydrogen-bond donors (Lipinski definition) is 1. The fourth-order valence-corrected chi connectivity index (χ4v) is 3.10. The van der Waals surface area contributed by atoms with Crippen LogP contribution in [0.1, 0.15) is 30.2 Å². The number of carbonyl (C=O) groups excluding carboxylic acids is 1. The van der Waals surface area contributed by atoms with E-state index in [0.717, 1.165) is 0 Å². The van der Waals surface area contributed by atoms with Crippen molar-refractivity contribution in [1.82, 2.24) is 4.57 Å². The van der Waals surface area contributed by atoms with E-state index in [1.807, 2.05) is 18.4 Å². The Morgan fingerprint density at radius 2 is 2.12 bits per heavy atom. The molecule has 0 spiro atoms. The minimum atomic E-state index is -0.683. The molecule has 0 unspecified atom stereocenters. The standard InChI is InChI=1S/C18H18ClNO5/c1-9(2)14-8-25-17-6-16(22)12(19)4-10(17)13-5-15(21)11(7-20(13)14)18(23)24-3/h4-7,9,14,22H,8H2,1-3H3/t14-/m0/s1. The van der Waals surface area contributed by atoms with E-state index in [2.05, 4.69) is 0 Å². The molecule has 2 aromatic rings. The first-order valence-electron chi connectivity index (χ1n) is 7.83. The molecule has 3 rings (SSSR count). The van der Waals surface area contributed by atoms with Crippen molar-refractivity contribution in [2.75, 3.05) is 13.7 Å². The average Bonchev–Trinajstić information content (AvgIpc) is 2.71. The van der Waals surface area contributed by atoms with Crippen molar-refractivity contribution in [3.8, 4) is 22.8 Å². The predicted octanol–water partition coefficient (Wildman–Crippen LogP) is 3.25. The van der Waals surface area contributed by atoms with Crippen molar-refractivity contribution >= 4 is 17.6 Å². The number of fused-ring (bicyclic) bond motifs is 3. The average molecular weight is 364 g/mol. The number of esters is 1. The molecule has 1 N–H and O–H groups in total. The molecule has 0 bridgehead atoms. The van der Waals surface area contributed by atoms with Gasteiger partial charge in [-0.15, -0.1) is 0 Å². The molecule has 1 aromatic carbocycles. The Morgan fingerprint density at radius 3 is 2.76 bits per heavy atom. The van der Waals surface area contributed by atoms with Gasteiger partial charge in [0.25, 0.3) is 0 Å². The Hall–Kier alpha value is -2.47. The lowest BCUT2D eigenvalue weighted by Gasteiger charge is -2.24. The minimum absolute atomic E-state index is 0.0368. The minimum Gasteiger partial charge on any atom is -0.506 e. The lowest BCUT2D eigenvalue weighted by molar-refractivity contribution is 0.0597. The Morgan fingerprint density at radius 1 is 1.40 bits per heavy atom. The van der Waals surface area contributed by atoms with E-state index in [0.29, 0.717) is 23.6 Å². The van der Waals surface area contributed by atoms with E-state index in [-0.39, 0.29) is 28.3 Å². The number of benzene rings is 1. The van der Waals surface area contributed by atoms with Gasteiger partial charge in [0.05, 0.1) is 23.9 Å². The maximum absolute atomic E-state index is 12.4. The zero-order valence-electron chi connectivity index (χ0n) is 14.1. The number of phenols is 1. The molecular weight excluding hydrogens is 346 g/mol. The van der Waals surface area contributed by atoms with Crippen LogP contribution in [0.4, 0.5) is 0 Å². The van der Waals surface area contributed by atoms with Crippen LogP contribution in [0.2, 0.25) is 5.02 Å². The van der Waals surface area contributed by atoms with Crippen LogP contribution in [-0.2, 0) is 4.74 Å². The molecular formula is C18H18ClNO5. The molecule has 0 saturated carbocycles. The van der Waals surface area contributed by atoms with Gasteiger partial charge in [0.15, 0.2) is 5.43 Å². The number of aromatic hydroxyl groups is 1. The molecule has 0 aliphatic carbocycles. The van der Waals surface area contributed by atoms with Gasteiger partial charge in [-0.1, -0.05) is 25.4 Å². The molecule has 0 fully saturated rings. The van der Waals surface area contributed by atoms with Gasteiger partial charge < -0.3 is 19.1 Å². The number of phenolic OH excluding ortho intramolecular Hbond substituents is 1. The first-order valence-corrected chi connectivity index (χ1v) is 8.21. The third-order valence-corrected chi connectivity index (χ3v) is 4.65. The predicted molar refractivity (Wildman–Crippen MR) is 93.5 cm³/mol. The second kappa shape index (κ2) is 6.44. The van der Waals surface area contributed by atoms with Gasteiger partial charge >= 0.3 is 5.97 Å². The summed E-state index contributed by atoms with van der Waals surface area (Å²) in [4.78, 5) is 24.3. The molecule has 1 aromatic heterocycles. The molecule has 2 heterocycles. The molecule has 6 nitrogen and oxygen atoms in total. The van der Waals surface area contributed by atoms with E-state index in [4.69, 9.17) is 21.1 Å². The van der Waals surface area contributed by atoms with Gasteiger partial charge in [-0.2, -0.15) is 0 Å². The maximum Gasteiger partial charge on any atom is 0.343 e. The lowest BCUT2D eigenvalue weighted by Crippen LogP contribution is -2.26. The van der Waals surface area contributed by atoms with Gasteiger partial charge in [-0.3, -0.25) is 4.79 Å². The van der Waals surface area contributed by atoms with Crippen molar-refractivity contribution in [2.45, 2.75) is 19.9 Å². The number of rotatable bonds is 2. The zero-order chi connectivity index (χ0) is 18.3. The molecule has 1 aliphatic heterocycles. The quantitative estimate of drug-likeness (QED) is 0.829. The summed E-state index contributed by atoms with van der Waals surface area (Å²) in [6.07, 6.45) is 1.51. The third kappa shape index (κ3) is 2.98. The largest absolute Gasteiger partial charge is 0.506 e. The summed E-state index contributed by atoms with van der Waals surface area (Å²) in [5.41, 5.74) is 0.674. The number of pyridine rings is 1. The van der Waals surface area contributed by atoms with E-state index >= 15 is 0 Å². The zero-order valence-corrected chi connectivity index (χ0v) is 14.8. The SMILES string of the molecule is COC(=O)c1cn2c(cc1=O)-c1cc(Cl)c(O)cc1OC[C@H]2C(C)C. The van der Waals surface area contributed by atoms with Gasteiger partial charge in [0.2, 0.25) is 0 Å². The van der Waals surface area contributed by atoms with Gasteiger partial charge in [0.1, 0.15) is 23.7 Å². The number of ether oxygens (including phenoxy) is 2. The molecule has 132 valence electrons. The highest BCUT2D eigenvalue weighted by Gasteiger charge is 2.27. The second-order valence-corrected chi connectivity index (χ2v) is 6.66. The van der Waals surface area contributed by atoms with E-state index in [1.165, 1.54) is 25.4 Å². The fourth-order valence-electron chi connectivity index (χ4n) is 2.93. The first-order chi connectivity index (χ1) is 11.8. The van der Waals surface area contributed by atoms with Crippen LogP contribution in [0.25, 0.3) is 11.3 Å². The summed E-state index contributed by atoms with van der Waals surface area (Å²) in [5, 5.41) is 10.0. The number of hydrogen-bond acceptors (Lipinski definition) is 5. The van der Waals surface area contributed by atoms with E-state index in [9.17, 15) is 14.7 Å². The van der Waals surface area contributed by atoms with Crippen molar-refractivity contribution < 1.29 is 19.4 Å². The van der Waals surface area contributed by atoms with Crippen LogP contribution in [0, 0.1) is 5.92 Å². The Bertz CT molecular complexity index is 903. The van der Waals surface area contributed by atoms with Crippen molar-refractivity contribution in [3.05, 3.63) is 45.2 Å². The Kier molecular flexibility index (Phi) is 4.47. The number of aromatic nitrogens is 1. The highest BCUT2D eigenvalue weighted by molar-refractivity contribution is 6.32. The summed E-state index contributed by atoms with van der Waals surface area (Å²) >= 11 is 6.04. The Balaban J connectivity index is 2.32. The molecule has 1 aliphatic rings. The third-order valence-electron chi connectivity index (χ3n) is 4.35. The fraction of sp³-hybridized carbons (Fsp3) is 0.333. The van der Waals surface area contributed by atoms with Crippen LogP contribution >= 0.6 is 11.6 Å². The highest BCUT2D eigenvalue weighted by atomic mass is 35.5. The maximum atomic E-state index is 12.4. The van der Waals surface area contributed by atoms with Crippen molar-refractivity contribution in [1.29, 1.82) is 0 Å². The summed E-state index contributed by atoms with van der Waals surface area (Å²) in [6.45, 7) is 4.37. The normalized spacial score (nSPS) is 15.8. The van der Waals surface area contributed by atoms with Gasteiger partial charge in [-0.25, -0.2) is 4.79 Å². The number of nitrogens with zero attached hydrogens (tertiary/aromatic N) is 1. The van der Waals surface area contributed by atoms with Crippen molar-refractivity contribution in [2.24, 2.45) is 5.92 Å². The van der Waals surface area contributed by atoms with Crippen LogP contribution in [-0.4, -0.2) is 29.4 Å². The smallest absolute Gasteiger partial charge is 0.343 e. The number of halogens is 1. The van der Waals surface area contributed by atoms with E-state index in [1.54, 1.807) is 6.07 Å². The molecule has 1 atom stereocenters. The van der Waals surface area contributed by atoms with Crippen molar-refractivity contribution in [3.63, 3.8) is 0 Å². The lowest BCUT2D eigenvalue weighted by atomic mass is 10.0. The topological polar surface area (TPSA) is 77.8 Å². The summed E-state index contributed by atoms with van der Waals surface area (Å²) < 4.78 is 12.4. The molecule has 0 radical (unpaired) electrons. The van der Waals surface area contributed by atoms with Gasteiger partial charge in [-0.05, 0) is 12.0 Å². The number of carbonyl (C=O) groups is 1. The number of methoxy groups -OCH3 is 1. The van der Waals surface area contributed by atoms with E-state index < -0.39 is 11.4 Å². The molecule has 25 heavy (non-hydrogen) atoms. The summed E-state index contributed by atoms with van der Waals surface area (Å²) in [6, 6.07) is 4.25. The first kappa shape index (κ1) is 17.4. The molecule has 7 heteroatoms. The second-order valence-electron chi connectivity index (χ2n) is 6.26. The van der Waals surface area contributed by atoms with Crippen LogP contribution in [0.3, 0.4) is 0 Å². The highest BCUT2D eigenvalue weighted by Crippen LogP contribution is 2.41. The monoisotopic (exact) mass is 363 g/mol. The Labute approximate surface area is 149 Å². The van der Waals surface area contributed by atoms with Crippen LogP contribution in [0.15, 0.2) is 29.2 Å². The summed E-state index contributed by atoms with van der Waals surface area (Å²) in [7, 11) is 1.24. The molecule has 0 amide bonds. The summed E-state index contributed by atoms with van der Waals surface area (Å²) in [5.74, 6) is -0.172. The van der Waals surface area contributed by atoms with Gasteiger partial charge in [0, 0.05) is 23.9 Å². The van der Waals surface area contributed by atoms with Crippen LogP contribution in [0.5, 0.6) is 11.5 Å². The molecule has 0 saturated heterocycles. The van der Waals surface area contributed by atoms with Crippen LogP contribution < -0.4 is 10.2 Å².